The molecular formula is C20H23NO2S. The maximum absolute atomic E-state index is 5.68. The van der Waals surface area contributed by atoms with Gasteiger partial charge in [0, 0.05) is 5.41 Å². The van der Waals surface area contributed by atoms with Crippen molar-refractivity contribution in [1.82, 2.24) is 4.90 Å². The van der Waals surface area contributed by atoms with E-state index in [0.29, 0.717) is 0 Å². The van der Waals surface area contributed by atoms with Crippen LogP contribution in [0, 0.1) is 0 Å². The quantitative estimate of drug-likeness (QED) is 0.817. The summed E-state index contributed by atoms with van der Waals surface area (Å²) in [5.74, 6) is 1.93. The Hall–Kier alpha value is -1.65. The number of likely N-dealkylation sites (tertiary alicyclic amines) is 1. The molecule has 2 aromatic rings. The van der Waals surface area contributed by atoms with Crippen LogP contribution in [-0.2, 0) is 5.41 Å². The first-order chi connectivity index (χ1) is 11.7. The first-order valence-electron chi connectivity index (χ1n) is 8.41. The zero-order valence-corrected chi connectivity index (χ0v) is 15.3. The van der Waals surface area contributed by atoms with Crippen LogP contribution in [0.5, 0.6) is 11.5 Å². The van der Waals surface area contributed by atoms with Gasteiger partial charge in [0.1, 0.15) is 11.5 Å². The van der Waals surface area contributed by atoms with Gasteiger partial charge in [-0.3, -0.25) is 0 Å². The Morgan fingerprint density at radius 1 is 0.875 bits per heavy atom. The van der Waals surface area contributed by atoms with Crippen LogP contribution >= 0.6 is 11.8 Å². The summed E-state index contributed by atoms with van der Waals surface area (Å²) < 4.78 is 11.4. The zero-order chi connectivity index (χ0) is 16.7. The van der Waals surface area contributed by atoms with E-state index in [1.165, 1.54) is 20.9 Å². The largest absolute Gasteiger partial charge is 0.496 e. The van der Waals surface area contributed by atoms with Crippen LogP contribution in [0.3, 0.4) is 0 Å². The third-order valence-corrected chi connectivity index (χ3v) is 6.72. The number of piperidine rings is 1. The SMILES string of the molecule is COc1cccc2c1Sc1c(OC)cccc1C21CCN(C)CC1. The molecular weight excluding hydrogens is 318 g/mol. The van der Waals surface area contributed by atoms with Gasteiger partial charge >= 0.3 is 0 Å². The number of hydrogen-bond acceptors (Lipinski definition) is 4. The minimum Gasteiger partial charge on any atom is -0.496 e. The number of rotatable bonds is 2. The molecule has 2 aliphatic heterocycles. The van der Waals surface area contributed by atoms with Gasteiger partial charge in [-0.2, -0.15) is 0 Å². The lowest BCUT2D eigenvalue weighted by Crippen LogP contribution is -2.43. The molecule has 126 valence electrons. The average molecular weight is 341 g/mol. The smallest absolute Gasteiger partial charge is 0.133 e. The second-order valence-electron chi connectivity index (χ2n) is 6.66. The minimum atomic E-state index is 0.0610. The number of benzene rings is 2. The molecule has 1 saturated heterocycles. The van der Waals surface area contributed by atoms with Crippen molar-refractivity contribution in [3.63, 3.8) is 0 Å². The topological polar surface area (TPSA) is 21.7 Å². The molecule has 4 heteroatoms. The third-order valence-electron chi connectivity index (χ3n) is 5.47. The Balaban J connectivity index is 1.97. The van der Waals surface area contributed by atoms with Crippen molar-refractivity contribution in [3.8, 4) is 11.5 Å². The van der Waals surface area contributed by atoms with Crippen molar-refractivity contribution in [2.24, 2.45) is 0 Å². The fraction of sp³-hybridized carbons (Fsp3) is 0.400. The summed E-state index contributed by atoms with van der Waals surface area (Å²) in [6, 6.07) is 13.0. The second-order valence-corrected chi connectivity index (χ2v) is 7.68. The highest BCUT2D eigenvalue weighted by molar-refractivity contribution is 7.99. The summed E-state index contributed by atoms with van der Waals surface area (Å²) >= 11 is 1.79. The first-order valence-corrected chi connectivity index (χ1v) is 9.22. The van der Waals surface area contributed by atoms with E-state index in [1.807, 2.05) is 0 Å². The maximum Gasteiger partial charge on any atom is 0.133 e. The average Bonchev–Trinajstić information content (AvgIpc) is 2.63. The third kappa shape index (κ3) is 2.24. The van der Waals surface area contributed by atoms with Gasteiger partial charge in [-0.05, 0) is 56.2 Å². The van der Waals surface area contributed by atoms with Crippen molar-refractivity contribution in [2.45, 2.75) is 28.0 Å². The molecule has 0 saturated carbocycles. The van der Waals surface area contributed by atoms with Gasteiger partial charge in [-0.15, -0.1) is 0 Å². The number of hydrogen-bond donors (Lipinski definition) is 0. The van der Waals surface area contributed by atoms with E-state index >= 15 is 0 Å². The summed E-state index contributed by atoms with van der Waals surface area (Å²) in [6.45, 7) is 2.22. The van der Waals surface area contributed by atoms with Crippen LogP contribution in [0.25, 0.3) is 0 Å². The zero-order valence-electron chi connectivity index (χ0n) is 14.5. The molecule has 0 unspecified atom stereocenters. The van der Waals surface area contributed by atoms with E-state index in [-0.39, 0.29) is 5.41 Å². The van der Waals surface area contributed by atoms with Gasteiger partial charge in [0.05, 0.1) is 24.0 Å². The predicted octanol–water partition coefficient (Wildman–Crippen LogP) is 4.18. The van der Waals surface area contributed by atoms with E-state index in [2.05, 4.69) is 48.3 Å². The van der Waals surface area contributed by atoms with Gasteiger partial charge in [0.2, 0.25) is 0 Å². The molecule has 2 heterocycles. The maximum atomic E-state index is 5.68. The normalized spacial score (nSPS) is 18.8. The standard InChI is InChI=1S/C20H23NO2S/c1-21-12-10-20(11-13-21)14-6-4-8-16(22-2)18(14)24-19-15(20)7-5-9-17(19)23-3/h4-9H,10-13H2,1-3H3. The van der Waals surface area contributed by atoms with Gasteiger partial charge in [0.25, 0.3) is 0 Å². The molecule has 0 aromatic heterocycles. The van der Waals surface area contributed by atoms with E-state index in [0.717, 1.165) is 37.4 Å². The number of nitrogens with zero attached hydrogens (tertiary/aromatic N) is 1. The van der Waals surface area contributed by atoms with Crippen molar-refractivity contribution < 1.29 is 9.47 Å². The molecule has 2 aromatic carbocycles. The molecule has 4 rings (SSSR count). The lowest BCUT2D eigenvalue weighted by molar-refractivity contribution is 0.207. The molecule has 0 bridgehead atoms. The molecule has 0 amide bonds. The molecule has 0 aliphatic carbocycles. The number of fused-ring (bicyclic) bond motifs is 4. The van der Waals surface area contributed by atoms with Crippen molar-refractivity contribution in [2.75, 3.05) is 34.4 Å². The molecule has 1 spiro atoms. The van der Waals surface area contributed by atoms with Crippen LogP contribution < -0.4 is 9.47 Å². The molecule has 0 N–H and O–H groups in total. The number of ether oxygens (including phenoxy) is 2. The Bertz CT molecular complexity index is 711. The second kappa shape index (κ2) is 6.01. The molecule has 2 aliphatic rings. The summed E-state index contributed by atoms with van der Waals surface area (Å²) in [6.07, 6.45) is 2.26. The fourth-order valence-electron chi connectivity index (χ4n) is 4.10. The highest BCUT2D eigenvalue weighted by Gasteiger charge is 2.44. The molecule has 1 fully saturated rings. The van der Waals surface area contributed by atoms with Crippen LogP contribution in [0.2, 0.25) is 0 Å². The van der Waals surface area contributed by atoms with Crippen LogP contribution in [-0.4, -0.2) is 39.3 Å². The van der Waals surface area contributed by atoms with Gasteiger partial charge in [-0.25, -0.2) is 0 Å². The van der Waals surface area contributed by atoms with Crippen LogP contribution in [0.1, 0.15) is 24.0 Å². The predicted molar refractivity (Wildman–Crippen MR) is 97.6 cm³/mol. The lowest BCUT2D eigenvalue weighted by atomic mass is 9.67. The van der Waals surface area contributed by atoms with Crippen LogP contribution in [0.15, 0.2) is 46.2 Å². The van der Waals surface area contributed by atoms with Crippen molar-refractivity contribution >= 4 is 11.8 Å². The summed E-state index contributed by atoms with van der Waals surface area (Å²) in [5.41, 5.74) is 2.90. The monoisotopic (exact) mass is 341 g/mol. The lowest BCUT2D eigenvalue weighted by Gasteiger charge is -2.45. The Kier molecular flexibility index (Phi) is 3.97. The Morgan fingerprint density at radius 2 is 1.38 bits per heavy atom. The van der Waals surface area contributed by atoms with Crippen molar-refractivity contribution in [1.29, 1.82) is 0 Å². The van der Waals surface area contributed by atoms with Gasteiger partial charge in [-0.1, -0.05) is 36.0 Å². The summed E-state index contributed by atoms with van der Waals surface area (Å²) in [7, 11) is 5.73. The van der Waals surface area contributed by atoms with E-state index < -0.39 is 0 Å². The Labute approximate surface area is 148 Å². The molecule has 3 nitrogen and oxygen atoms in total. The highest BCUT2D eigenvalue weighted by Crippen LogP contribution is 2.57. The highest BCUT2D eigenvalue weighted by atomic mass is 32.2. The summed E-state index contributed by atoms with van der Waals surface area (Å²) in [4.78, 5) is 4.93. The fourth-order valence-corrected chi connectivity index (χ4v) is 5.56. The van der Waals surface area contributed by atoms with Crippen LogP contribution in [0.4, 0.5) is 0 Å². The molecule has 0 radical (unpaired) electrons. The first kappa shape index (κ1) is 15.9. The number of methoxy groups -OCH3 is 2. The minimum absolute atomic E-state index is 0.0610. The molecule has 0 atom stereocenters. The van der Waals surface area contributed by atoms with E-state index in [1.54, 1.807) is 26.0 Å². The van der Waals surface area contributed by atoms with Crippen molar-refractivity contribution in [3.05, 3.63) is 47.5 Å². The molecule has 24 heavy (non-hydrogen) atoms. The van der Waals surface area contributed by atoms with Gasteiger partial charge in [0.15, 0.2) is 0 Å². The Morgan fingerprint density at radius 3 is 1.83 bits per heavy atom. The van der Waals surface area contributed by atoms with E-state index in [4.69, 9.17) is 9.47 Å². The summed E-state index contributed by atoms with van der Waals surface area (Å²) in [5, 5.41) is 0. The van der Waals surface area contributed by atoms with Gasteiger partial charge < -0.3 is 14.4 Å². The van der Waals surface area contributed by atoms with E-state index in [9.17, 15) is 0 Å².